The third kappa shape index (κ3) is 3.88. The van der Waals surface area contributed by atoms with Gasteiger partial charge in [-0.2, -0.15) is 0 Å². The molecule has 0 saturated heterocycles. The van der Waals surface area contributed by atoms with Crippen molar-refractivity contribution >= 4 is 34.2 Å². The number of amides is 1. The van der Waals surface area contributed by atoms with Gasteiger partial charge in [0.15, 0.2) is 11.5 Å². The van der Waals surface area contributed by atoms with Crippen LogP contribution in [0.15, 0.2) is 59.4 Å². The third-order valence-corrected chi connectivity index (χ3v) is 3.97. The summed E-state index contributed by atoms with van der Waals surface area (Å²) in [6, 6.07) is 13.4. The number of pyridine rings is 1. The summed E-state index contributed by atoms with van der Waals surface area (Å²) in [5, 5.41) is 13.8. The summed E-state index contributed by atoms with van der Waals surface area (Å²) < 4.78 is 5.08. The first-order valence-corrected chi connectivity index (χ1v) is 8.24. The molecule has 1 aromatic heterocycles. The summed E-state index contributed by atoms with van der Waals surface area (Å²) in [6.45, 7) is 1.32. The van der Waals surface area contributed by atoms with Crippen LogP contribution in [0.25, 0.3) is 10.9 Å². The number of nitro benzene ring substituents is 1. The van der Waals surface area contributed by atoms with E-state index in [2.05, 4.69) is 10.3 Å². The van der Waals surface area contributed by atoms with Crippen LogP contribution in [0.3, 0.4) is 0 Å². The zero-order valence-electron chi connectivity index (χ0n) is 14.7. The molecule has 0 aliphatic heterocycles. The number of aromatic nitrogens is 1. The number of anilines is 1. The summed E-state index contributed by atoms with van der Waals surface area (Å²) in [6.07, 6.45) is -1.25. The molecule has 0 unspecified atom stereocenters. The molecule has 0 saturated carbocycles. The van der Waals surface area contributed by atoms with Crippen molar-refractivity contribution in [3.05, 3.63) is 80.6 Å². The molecular weight excluding hydrogens is 366 g/mol. The van der Waals surface area contributed by atoms with Crippen LogP contribution in [0.2, 0.25) is 0 Å². The fourth-order valence-electron chi connectivity index (χ4n) is 2.56. The highest BCUT2D eigenvalue weighted by Crippen LogP contribution is 2.23. The Hall–Kier alpha value is -4.01. The van der Waals surface area contributed by atoms with Crippen molar-refractivity contribution < 1.29 is 19.2 Å². The number of fused-ring (bicyclic) bond motifs is 1. The van der Waals surface area contributed by atoms with Crippen molar-refractivity contribution in [1.29, 1.82) is 0 Å². The van der Waals surface area contributed by atoms with Crippen LogP contribution in [0, 0.1) is 10.1 Å². The number of nitro groups is 1. The fourth-order valence-corrected chi connectivity index (χ4v) is 2.56. The number of rotatable bonds is 5. The van der Waals surface area contributed by atoms with E-state index in [1.165, 1.54) is 31.2 Å². The normalized spacial score (nSPS) is 11.6. The third-order valence-electron chi connectivity index (χ3n) is 3.97. The number of carbonyl (C=O) groups is 2. The first-order valence-electron chi connectivity index (χ1n) is 8.24. The van der Waals surface area contributed by atoms with E-state index < -0.39 is 22.9 Å². The smallest absolute Gasteiger partial charge is 0.355 e. The molecule has 142 valence electrons. The van der Waals surface area contributed by atoms with E-state index in [9.17, 15) is 24.5 Å². The first-order chi connectivity index (χ1) is 13.4. The lowest BCUT2D eigenvalue weighted by molar-refractivity contribution is -0.383. The number of hydrogen-bond acceptors (Lipinski definition) is 6. The number of aromatic amines is 1. The van der Waals surface area contributed by atoms with Gasteiger partial charge in [0, 0.05) is 23.0 Å². The van der Waals surface area contributed by atoms with Crippen molar-refractivity contribution in [3.8, 4) is 0 Å². The van der Waals surface area contributed by atoms with Crippen LogP contribution in [0.4, 0.5) is 11.4 Å². The van der Waals surface area contributed by atoms with Gasteiger partial charge in [-0.15, -0.1) is 0 Å². The monoisotopic (exact) mass is 381 g/mol. The van der Waals surface area contributed by atoms with Crippen molar-refractivity contribution in [2.24, 2.45) is 0 Å². The van der Waals surface area contributed by atoms with Crippen molar-refractivity contribution in [2.45, 2.75) is 13.0 Å². The quantitative estimate of drug-likeness (QED) is 0.397. The Bertz CT molecular complexity index is 1140. The van der Waals surface area contributed by atoms with Crippen molar-refractivity contribution in [2.75, 3.05) is 5.32 Å². The minimum atomic E-state index is -1.25. The predicted octanol–water partition coefficient (Wildman–Crippen LogP) is 2.62. The molecule has 0 spiro atoms. The van der Waals surface area contributed by atoms with E-state index in [4.69, 9.17) is 4.74 Å². The number of esters is 1. The summed E-state index contributed by atoms with van der Waals surface area (Å²) in [4.78, 5) is 49.8. The molecule has 1 amide bonds. The standard InChI is InChI=1S/C19H15N3O6/c1-11(18(24)21-14-8-4-5-9-16(14)22(26)27)28-19(25)15-10-17(23)12-6-2-3-7-13(12)20-15/h2-11H,1H3,(H,20,23)(H,21,24)/t11-/m0/s1. The SMILES string of the molecule is C[C@H](OC(=O)c1cc(=O)c2ccccc2[nH]1)C(=O)Nc1ccccc1[N+](=O)[O-]. The molecule has 0 aliphatic rings. The van der Waals surface area contributed by atoms with Gasteiger partial charge in [-0.1, -0.05) is 24.3 Å². The second kappa shape index (κ2) is 7.70. The van der Waals surface area contributed by atoms with Gasteiger partial charge in [0.25, 0.3) is 11.6 Å². The van der Waals surface area contributed by atoms with E-state index in [1.54, 1.807) is 24.3 Å². The summed E-state index contributed by atoms with van der Waals surface area (Å²) >= 11 is 0. The Morgan fingerprint density at radius 3 is 2.57 bits per heavy atom. The Morgan fingerprint density at radius 1 is 1.14 bits per heavy atom. The maximum Gasteiger partial charge on any atom is 0.355 e. The highest BCUT2D eigenvalue weighted by atomic mass is 16.6. The van der Waals surface area contributed by atoms with Crippen LogP contribution in [-0.2, 0) is 9.53 Å². The number of ether oxygens (including phenoxy) is 1. The molecule has 1 atom stereocenters. The Morgan fingerprint density at radius 2 is 1.82 bits per heavy atom. The minimum absolute atomic E-state index is 0.0143. The summed E-state index contributed by atoms with van der Waals surface area (Å²) in [5.41, 5.74) is -0.306. The lowest BCUT2D eigenvalue weighted by atomic mass is 10.2. The highest BCUT2D eigenvalue weighted by Gasteiger charge is 2.23. The minimum Gasteiger partial charge on any atom is -0.448 e. The second-order valence-electron chi connectivity index (χ2n) is 5.90. The fraction of sp³-hybridized carbons (Fsp3) is 0.105. The predicted molar refractivity (Wildman–Crippen MR) is 101 cm³/mol. The van der Waals surface area contributed by atoms with Gasteiger partial charge in [-0.05, 0) is 25.1 Å². The van der Waals surface area contributed by atoms with E-state index in [1.807, 2.05) is 0 Å². The van der Waals surface area contributed by atoms with Gasteiger partial charge in [-0.3, -0.25) is 19.7 Å². The first kappa shape index (κ1) is 18.8. The van der Waals surface area contributed by atoms with Crippen molar-refractivity contribution in [3.63, 3.8) is 0 Å². The topological polar surface area (TPSA) is 131 Å². The number of carbonyl (C=O) groups excluding carboxylic acids is 2. The molecule has 3 aromatic rings. The second-order valence-corrected chi connectivity index (χ2v) is 5.90. The van der Waals surface area contributed by atoms with Crippen LogP contribution < -0.4 is 10.7 Å². The van der Waals surface area contributed by atoms with Gasteiger partial charge in [-0.25, -0.2) is 4.79 Å². The molecule has 3 rings (SSSR count). The van der Waals surface area contributed by atoms with Crippen molar-refractivity contribution in [1.82, 2.24) is 4.98 Å². The molecule has 9 heteroatoms. The van der Waals surface area contributed by atoms with Gasteiger partial charge >= 0.3 is 5.97 Å². The largest absolute Gasteiger partial charge is 0.448 e. The van der Waals surface area contributed by atoms with Crippen LogP contribution in [0.1, 0.15) is 17.4 Å². The van der Waals surface area contributed by atoms with E-state index in [0.717, 1.165) is 6.07 Å². The highest BCUT2D eigenvalue weighted by molar-refractivity contribution is 5.98. The molecule has 0 fully saturated rings. The Kier molecular flexibility index (Phi) is 5.16. The molecule has 0 radical (unpaired) electrons. The Balaban J connectivity index is 1.75. The molecule has 1 heterocycles. The van der Waals surface area contributed by atoms with Gasteiger partial charge < -0.3 is 15.0 Å². The Labute approximate surface area is 158 Å². The number of hydrogen-bond donors (Lipinski definition) is 2. The summed E-state index contributed by atoms with van der Waals surface area (Å²) in [5.74, 6) is -1.64. The number of para-hydroxylation sites is 3. The molecule has 9 nitrogen and oxygen atoms in total. The maximum absolute atomic E-state index is 12.3. The lowest BCUT2D eigenvalue weighted by Gasteiger charge is -2.13. The summed E-state index contributed by atoms with van der Waals surface area (Å²) in [7, 11) is 0. The molecule has 2 aromatic carbocycles. The molecule has 2 N–H and O–H groups in total. The van der Waals surface area contributed by atoms with E-state index >= 15 is 0 Å². The zero-order chi connectivity index (χ0) is 20.3. The molecule has 0 bridgehead atoms. The van der Waals surface area contributed by atoms with Crippen LogP contribution in [-0.4, -0.2) is 27.9 Å². The molecular formula is C19H15N3O6. The number of benzene rings is 2. The molecule has 28 heavy (non-hydrogen) atoms. The number of nitrogens with one attached hydrogen (secondary N) is 2. The van der Waals surface area contributed by atoms with E-state index in [-0.39, 0.29) is 22.5 Å². The maximum atomic E-state index is 12.3. The average molecular weight is 381 g/mol. The number of H-pyrrole nitrogens is 1. The van der Waals surface area contributed by atoms with Gasteiger partial charge in [0.1, 0.15) is 11.4 Å². The molecule has 0 aliphatic carbocycles. The van der Waals surface area contributed by atoms with E-state index in [0.29, 0.717) is 10.9 Å². The van der Waals surface area contributed by atoms with Crippen LogP contribution in [0.5, 0.6) is 0 Å². The van der Waals surface area contributed by atoms with Crippen LogP contribution >= 0.6 is 0 Å². The van der Waals surface area contributed by atoms with Gasteiger partial charge in [0.2, 0.25) is 0 Å². The van der Waals surface area contributed by atoms with Gasteiger partial charge in [0.05, 0.1) is 4.92 Å². The number of nitrogens with zero attached hydrogens (tertiary/aromatic N) is 1. The lowest BCUT2D eigenvalue weighted by Crippen LogP contribution is -2.30. The zero-order valence-corrected chi connectivity index (χ0v) is 14.7. The average Bonchev–Trinajstić information content (AvgIpc) is 2.68.